The molecule has 1 aromatic carbocycles. The molecule has 4 nitrogen and oxygen atoms in total. The SMILES string of the molecule is CCNCC(=Cc1ccc(C)c([N+](=O)[O-])c1)C(C)C. The molecule has 4 heteroatoms. The summed E-state index contributed by atoms with van der Waals surface area (Å²) >= 11 is 0. The third-order valence-corrected chi connectivity index (χ3v) is 3.10. The first-order chi connectivity index (χ1) is 8.95. The van der Waals surface area contributed by atoms with Gasteiger partial charge in [0.25, 0.3) is 5.69 Å². The molecule has 19 heavy (non-hydrogen) atoms. The normalized spacial score (nSPS) is 11.9. The largest absolute Gasteiger partial charge is 0.313 e. The van der Waals surface area contributed by atoms with Gasteiger partial charge < -0.3 is 5.32 Å². The Labute approximate surface area is 114 Å². The Hall–Kier alpha value is -1.68. The van der Waals surface area contributed by atoms with E-state index in [-0.39, 0.29) is 10.6 Å². The van der Waals surface area contributed by atoms with Crippen LogP contribution in [-0.4, -0.2) is 18.0 Å². The van der Waals surface area contributed by atoms with Gasteiger partial charge in [-0.2, -0.15) is 0 Å². The van der Waals surface area contributed by atoms with E-state index < -0.39 is 0 Å². The van der Waals surface area contributed by atoms with Crippen molar-refractivity contribution in [2.24, 2.45) is 5.92 Å². The molecule has 1 aromatic rings. The summed E-state index contributed by atoms with van der Waals surface area (Å²) in [5.41, 5.74) is 3.01. The number of aryl methyl sites for hydroxylation is 1. The van der Waals surface area contributed by atoms with E-state index in [1.807, 2.05) is 12.1 Å². The zero-order valence-electron chi connectivity index (χ0n) is 12.1. The first-order valence-corrected chi connectivity index (χ1v) is 6.62. The van der Waals surface area contributed by atoms with Gasteiger partial charge in [0.2, 0.25) is 0 Å². The van der Waals surface area contributed by atoms with Gasteiger partial charge in [0.1, 0.15) is 0 Å². The Bertz CT molecular complexity index is 479. The van der Waals surface area contributed by atoms with Crippen molar-refractivity contribution >= 4 is 11.8 Å². The van der Waals surface area contributed by atoms with Crippen LogP contribution in [-0.2, 0) is 0 Å². The Morgan fingerprint density at radius 1 is 1.47 bits per heavy atom. The molecule has 0 radical (unpaired) electrons. The number of nitrogens with zero attached hydrogens (tertiary/aromatic N) is 1. The van der Waals surface area contributed by atoms with Crippen molar-refractivity contribution < 1.29 is 4.92 Å². The minimum absolute atomic E-state index is 0.181. The van der Waals surface area contributed by atoms with Gasteiger partial charge in [-0.1, -0.05) is 44.6 Å². The second kappa shape index (κ2) is 7.04. The molecule has 0 atom stereocenters. The Kier molecular flexibility index (Phi) is 5.70. The van der Waals surface area contributed by atoms with Crippen molar-refractivity contribution in [2.45, 2.75) is 27.7 Å². The van der Waals surface area contributed by atoms with Gasteiger partial charge in [0, 0.05) is 18.2 Å². The van der Waals surface area contributed by atoms with Crippen LogP contribution in [0.3, 0.4) is 0 Å². The molecule has 0 unspecified atom stereocenters. The molecule has 0 aliphatic rings. The van der Waals surface area contributed by atoms with Crippen LogP contribution in [0.5, 0.6) is 0 Å². The quantitative estimate of drug-likeness (QED) is 0.630. The number of hydrogen-bond donors (Lipinski definition) is 1. The number of nitrogens with one attached hydrogen (secondary N) is 1. The lowest BCUT2D eigenvalue weighted by atomic mass is 9.99. The molecule has 0 aliphatic carbocycles. The third-order valence-electron chi connectivity index (χ3n) is 3.10. The summed E-state index contributed by atoms with van der Waals surface area (Å²) < 4.78 is 0. The number of hydrogen-bond acceptors (Lipinski definition) is 3. The molecule has 1 rings (SSSR count). The number of benzene rings is 1. The topological polar surface area (TPSA) is 55.2 Å². The zero-order chi connectivity index (χ0) is 14.4. The van der Waals surface area contributed by atoms with Crippen LogP contribution in [0, 0.1) is 23.0 Å². The van der Waals surface area contributed by atoms with E-state index in [2.05, 4.69) is 26.1 Å². The molecule has 1 N–H and O–H groups in total. The third kappa shape index (κ3) is 4.48. The van der Waals surface area contributed by atoms with Gasteiger partial charge in [-0.05, 0) is 24.9 Å². The van der Waals surface area contributed by atoms with Crippen LogP contribution >= 0.6 is 0 Å². The maximum Gasteiger partial charge on any atom is 0.272 e. The molecule has 0 aromatic heterocycles. The van der Waals surface area contributed by atoms with Crippen molar-refractivity contribution in [2.75, 3.05) is 13.1 Å². The maximum atomic E-state index is 10.9. The zero-order valence-corrected chi connectivity index (χ0v) is 12.1. The standard InChI is InChI=1S/C15H22N2O2/c1-5-16-10-14(11(2)3)8-13-7-6-12(4)15(9-13)17(18)19/h6-9,11,16H,5,10H2,1-4H3. The first kappa shape index (κ1) is 15.4. The van der Waals surface area contributed by atoms with Crippen LogP contribution in [0.2, 0.25) is 0 Å². The summed E-state index contributed by atoms with van der Waals surface area (Å²) in [7, 11) is 0. The lowest BCUT2D eigenvalue weighted by Gasteiger charge is -2.12. The fourth-order valence-electron chi connectivity index (χ4n) is 1.82. The average Bonchev–Trinajstić information content (AvgIpc) is 2.35. The fourth-order valence-corrected chi connectivity index (χ4v) is 1.82. The molecule has 0 bridgehead atoms. The summed E-state index contributed by atoms with van der Waals surface area (Å²) in [5, 5.41) is 14.2. The highest BCUT2D eigenvalue weighted by Gasteiger charge is 2.11. The van der Waals surface area contributed by atoms with Crippen molar-refractivity contribution in [3.63, 3.8) is 0 Å². The van der Waals surface area contributed by atoms with Crippen LogP contribution in [0.25, 0.3) is 6.08 Å². The van der Waals surface area contributed by atoms with E-state index in [9.17, 15) is 10.1 Å². The molecule has 0 heterocycles. The molecule has 0 saturated carbocycles. The van der Waals surface area contributed by atoms with E-state index in [0.29, 0.717) is 11.5 Å². The molecular weight excluding hydrogens is 240 g/mol. The fraction of sp³-hybridized carbons (Fsp3) is 0.467. The van der Waals surface area contributed by atoms with E-state index in [1.54, 1.807) is 19.1 Å². The van der Waals surface area contributed by atoms with Crippen molar-refractivity contribution in [1.29, 1.82) is 0 Å². The van der Waals surface area contributed by atoms with E-state index in [1.165, 1.54) is 5.57 Å². The highest BCUT2D eigenvalue weighted by atomic mass is 16.6. The van der Waals surface area contributed by atoms with Crippen molar-refractivity contribution in [3.05, 3.63) is 45.0 Å². The monoisotopic (exact) mass is 262 g/mol. The van der Waals surface area contributed by atoms with Crippen molar-refractivity contribution in [1.82, 2.24) is 5.32 Å². The highest BCUT2D eigenvalue weighted by molar-refractivity contribution is 5.58. The number of nitro benzene ring substituents is 1. The molecular formula is C15H22N2O2. The van der Waals surface area contributed by atoms with Gasteiger partial charge in [0.05, 0.1) is 4.92 Å². The van der Waals surface area contributed by atoms with E-state index >= 15 is 0 Å². The number of nitro groups is 1. The molecule has 0 saturated heterocycles. The number of likely N-dealkylation sites (N-methyl/N-ethyl adjacent to an activating group) is 1. The molecule has 0 spiro atoms. The van der Waals surface area contributed by atoms with Gasteiger partial charge >= 0.3 is 0 Å². The average molecular weight is 262 g/mol. The van der Waals surface area contributed by atoms with Crippen LogP contribution < -0.4 is 5.32 Å². The molecule has 0 amide bonds. The second-order valence-electron chi connectivity index (χ2n) is 4.96. The molecule has 0 fully saturated rings. The van der Waals surface area contributed by atoms with Crippen LogP contribution in [0.15, 0.2) is 23.8 Å². The molecule has 104 valence electrons. The van der Waals surface area contributed by atoms with Gasteiger partial charge in [-0.25, -0.2) is 0 Å². The van der Waals surface area contributed by atoms with E-state index in [0.717, 1.165) is 18.7 Å². The van der Waals surface area contributed by atoms with Gasteiger partial charge in [-0.3, -0.25) is 10.1 Å². The van der Waals surface area contributed by atoms with Crippen LogP contribution in [0.4, 0.5) is 5.69 Å². The minimum atomic E-state index is -0.327. The van der Waals surface area contributed by atoms with Crippen LogP contribution in [0.1, 0.15) is 31.9 Å². The maximum absolute atomic E-state index is 10.9. The summed E-state index contributed by atoms with van der Waals surface area (Å²) in [6.45, 7) is 9.81. The summed E-state index contributed by atoms with van der Waals surface area (Å²) in [5.74, 6) is 0.416. The van der Waals surface area contributed by atoms with E-state index in [4.69, 9.17) is 0 Å². The first-order valence-electron chi connectivity index (χ1n) is 6.62. The van der Waals surface area contributed by atoms with Gasteiger partial charge in [-0.15, -0.1) is 0 Å². The lowest BCUT2D eigenvalue weighted by molar-refractivity contribution is -0.385. The lowest BCUT2D eigenvalue weighted by Crippen LogP contribution is -2.18. The molecule has 0 aliphatic heterocycles. The number of rotatable bonds is 6. The van der Waals surface area contributed by atoms with Crippen molar-refractivity contribution in [3.8, 4) is 0 Å². The predicted molar refractivity (Wildman–Crippen MR) is 79.2 cm³/mol. The Balaban J connectivity index is 3.07. The predicted octanol–water partition coefficient (Wildman–Crippen LogP) is 3.55. The highest BCUT2D eigenvalue weighted by Crippen LogP contribution is 2.22. The smallest absolute Gasteiger partial charge is 0.272 e. The summed E-state index contributed by atoms with van der Waals surface area (Å²) in [4.78, 5) is 10.6. The minimum Gasteiger partial charge on any atom is -0.313 e. The summed E-state index contributed by atoms with van der Waals surface area (Å²) in [6.07, 6.45) is 2.04. The summed E-state index contributed by atoms with van der Waals surface area (Å²) in [6, 6.07) is 5.37. The second-order valence-corrected chi connectivity index (χ2v) is 4.96. The van der Waals surface area contributed by atoms with Gasteiger partial charge in [0.15, 0.2) is 0 Å². The Morgan fingerprint density at radius 2 is 2.16 bits per heavy atom. The Morgan fingerprint density at radius 3 is 2.68 bits per heavy atom.